The fourth-order valence-corrected chi connectivity index (χ4v) is 3.12. The molecular formula is C22H30FN7O. The van der Waals surface area contributed by atoms with Crippen molar-refractivity contribution in [3.8, 4) is 17.2 Å². The van der Waals surface area contributed by atoms with Crippen LogP contribution < -0.4 is 5.32 Å². The van der Waals surface area contributed by atoms with Gasteiger partial charge in [0.2, 0.25) is 0 Å². The second-order valence-corrected chi connectivity index (χ2v) is 7.75. The van der Waals surface area contributed by atoms with Crippen LogP contribution in [-0.2, 0) is 6.42 Å². The van der Waals surface area contributed by atoms with Crippen molar-refractivity contribution in [2.45, 2.75) is 34.1 Å². The van der Waals surface area contributed by atoms with Gasteiger partial charge in [-0.3, -0.25) is 0 Å². The summed E-state index contributed by atoms with van der Waals surface area (Å²) in [5.41, 5.74) is 0.724. The van der Waals surface area contributed by atoms with Crippen molar-refractivity contribution in [3.63, 3.8) is 0 Å². The standard InChI is InChI=1S/C22H30FN7O/c1-5-28(6-2)13-11-19-25-21(17-7-9-18(23)10-8-17)30(26-19)20-12-14-29(27-20)22(31)24-15-16(3)4/h7-10,12,14,16H,5-6,11,13,15H2,1-4H3,(H,24,31). The van der Waals surface area contributed by atoms with Crippen LogP contribution >= 0.6 is 0 Å². The molecule has 0 aliphatic carbocycles. The molecule has 2 aromatic heterocycles. The maximum Gasteiger partial charge on any atom is 0.342 e. The van der Waals surface area contributed by atoms with Crippen LogP contribution in [0.25, 0.3) is 17.2 Å². The zero-order chi connectivity index (χ0) is 22.4. The van der Waals surface area contributed by atoms with Gasteiger partial charge in [0.15, 0.2) is 17.5 Å². The molecule has 0 atom stereocenters. The molecule has 1 aromatic carbocycles. The van der Waals surface area contributed by atoms with Crippen LogP contribution in [-0.4, -0.2) is 61.7 Å². The maximum absolute atomic E-state index is 13.4. The van der Waals surface area contributed by atoms with Crippen LogP contribution in [0.1, 0.15) is 33.5 Å². The molecule has 1 amide bonds. The number of benzene rings is 1. The fourth-order valence-electron chi connectivity index (χ4n) is 3.12. The first-order chi connectivity index (χ1) is 14.9. The Morgan fingerprint density at radius 2 is 1.84 bits per heavy atom. The highest BCUT2D eigenvalue weighted by atomic mass is 19.1. The van der Waals surface area contributed by atoms with Gasteiger partial charge in [-0.25, -0.2) is 14.2 Å². The third-order valence-corrected chi connectivity index (χ3v) is 4.96. The minimum absolute atomic E-state index is 0.301. The van der Waals surface area contributed by atoms with Crippen molar-refractivity contribution >= 4 is 6.03 Å². The second-order valence-electron chi connectivity index (χ2n) is 7.75. The van der Waals surface area contributed by atoms with Crippen molar-refractivity contribution < 1.29 is 9.18 Å². The summed E-state index contributed by atoms with van der Waals surface area (Å²) in [7, 11) is 0. The number of amides is 1. The summed E-state index contributed by atoms with van der Waals surface area (Å²) in [6.45, 7) is 11.6. The van der Waals surface area contributed by atoms with Crippen LogP contribution in [0.2, 0.25) is 0 Å². The summed E-state index contributed by atoms with van der Waals surface area (Å²) in [6, 6.07) is 7.52. The van der Waals surface area contributed by atoms with Crippen LogP contribution in [0.3, 0.4) is 0 Å². The molecule has 31 heavy (non-hydrogen) atoms. The first kappa shape index (κ1) is 22.6. The van der Waals surface area contributed by atoms with Gasteiger partial charge in [-0.1, -0.05) is 27.7 Å². The Labute approximate surface area is 182 Å². The lowest BCUT2D eigenvalue weighted by molar-refractivity contribution is 0.238. The van der Waals surface area contributed by atoms with Crippen molar-refractivity contribution in [3.05, 3.63) is 48.2 Å². The third-order valence-electron chi connectivity index (χ3n) is 4.96. The van der Waals surface area contributed by atoms with E-state index in [0.29, 0.717) is 36.4 Å². The van der Waals surface area contributed by atoms with Crippen LogP contribution in [0.4, 0.5) is 9.18 Å². The van der Waals surface area contributed by atoms with E-state index >= 15 is 0 Å². The van der Waals surface area contributed by atoms with Gasteiger partial charge in [0.25, 0.3) is 0 Å². The van der Waals surface area contributed by atoms with Gasteiger partial charge >= 0.3 is 6.03 Å². The second kappa shape index (κ2) is 10.3. The lowest BCUT2D eigenvalue weighted by Gasteiger charge is -2.16. The predicted molar refractivity (Wildman–Crippen MR) is 118 cm³/mol. The van der Waals surface area contributed by atoms with Gasteiger partial charge in [0, 0.05) is 37.3 Å². The minimum atomic E-state index is -0.317. The molecule has 0 saturated heterocycles. The predicted octanol–water partition coefficient (Wildman–Crippen LogP) is 3.37. The number of carbonyl (C=O) groups excluding carboxylic acids is 1. The molecule has 2 heterocycles. The number of rotatable bonds is 9. The molecule has 0 fully saturated rings. The molecule has 3 aromatic rings. The number of nitrogens with one attached hydrogen (secondary N) is 1. The Morgan fingerprint density at radius 3 is 2.48 bits per heavy atom. The Hall–Kier alpha value is -3.07. The average Bonchev–Trinajstić information content (AvgIpc) is 3.40. The quantitative estimate of drug-likeness (QED) is 0.566. The highest BCUT2D eigenvalue weighted by Gasteiger charge is 2.17. The van der Waals surface area contributed by atoms with Gasteiger partial charge in [0.1, 0.15) is 5.82 Å². The first-order valence-electron chi connectivity index (χ1n) is 10.7. The number of nitrogens with zero attached hydrogens (tertiary/aromatic N) is 6. The number of carbonyl (C=O) groups is 1. The Bertz CT molecular complexity index is 990. The topological polar surface area (TPSA) is 80.9 Å². The van der Waals surface area contributed by atoms with Crippen molar-refractivity contribution in [2.75, 3.05) is 26.2 Å². The molecule has 0 bridgehead atoms. The number of likely N-dealkylation sites (N-methyl/N-ethyl adjacent to an activating group) is 1. The van der Waals surface area contributed by atoms with Gasteiger partial charge in [-0.05, 0) is 43.3 Å². The average molecular weight is 428 g/mol. The van der Waals surface area contributed by atoms with Gasteiger partial charge in [-0.15, -0.1) is 10.2 Å². The molecule has 0 aliphatic heterocycles. The van der Waals surface area contributed by atoms with E-state index in [0.717, 1.165) is 25.2 Å². The van der Waals surface area contributed by atoms with Crippen molar-refractivity contribution in [2.24, 2.45) is 5.92 Å². The number of aromatic nitrogens is 5. The molecule has 3 rings (SSSR count). The molecule has 0 unspecified atom stereocenters. The molecule has 8 nitrogen and oxygen atoms in total. The summed E-state index contributed by atoms with van der Waals surface area (Å²) >= 11 is 0. The molecule has 0 aliphatic rings. The molecule has 0 radical (unpaired) electrons. The summed E-state index contributed by atoms with van der Waals surface area (Å²) < 4.78 is 16.3. The largest absolute Gasteiger partial charge is 0.342 e. The summed E-state index contributed by atoms with van der Waals surface area (Å²) in [4.78, 5) is 19.3. The molecule has 0 spiro atoms. The lowest BCUT2D eigenvalue weighted by atomic mass is 10.2. The fraction of sp³-hybridized carbons (Fsp3) is 0.455. The summed E-state index contributed by atoms with van der Waals surface area (Å²) in [5, 5.41) is 11.9. The highest BCUT2D eigenvalue weighted by molar-refractivity contribution is 5.75. The molecule has 166 valence electrons. The Balaban J connectivity index is 1.90. The van der Waals surface area contributed by atoms with Crippen molar-refractivity contribution in [1.82, 2.24) is 34.8 Å². The van der Waals surface area contributed by atoms with E-state index in [1.54, 1.807) is 29.1 Å². The maximum atomic E-state index is 13.4. The molecule has 0 saturated carbocycles. The normalized spacial score (nSPS) is 11.5. The zero-order valence-electron chi connectivity index (χ0n) is 18.5. The zero-order valence-corrected chi connectivity index (χ0v) is 18.5. The Morgan fingerprint density at radius 1 is 1.13 bits per heavy atom. The Kier molecular flexibility index (Phi) is 7.51. The third kappa shape index (κ3) is 5.75. The minimum Gasteiger partial charge on any atom is -0.336 e. The van der Waals surface area contributed by atoms with Gasteiger partial charge in [0.05, 0.1) is 0 Å². The molecule has 1 N–H and O–H groups in total. The number of hydrogen-bond acceptors (Lipinski definition) is 5. The van der Waals surface area contributed by atoms with Crippen LogP contribution in [0.5, 0.6) is 0 Å². The van der Waals surface area contributed by atoms with Crippen molar-refractivity contribution in [1.29, 1.82) is 0 Å². The highest BCUT2D eigenvalue weighted by Crippen LogP contribution is 2.21. The van der Waals surface area contributed by atoms with Crippen LogP contribution in [0, 0.1) is 11.7 Å². The monoisotopic (exact) mass is 427 g/mol. The lowest BCUT2D eigenvalue weighted by Crippen LogP contribution is -2.31. The first-order valence-corrected chi connectivity index (χ1v) is 10.7. The molecular weight excluding hydrogens is 397 g/mol. The smallest absolute Gasteiger partial charge is 0.336 e. The van der Waals surface area contributed by atoms with E-state index in [1.165, 1.54) is 16.8 Å². The van der Waals surface area contributed by atoms with E-state index in [2.05, 4.69) is 34.3 Å². The van der Waals surface area contributed by atoms with Crippen LogP contribution in [0.15, 0.2) is 36.5 Å². The SMILES string of the molecule is CCN(CC)CCc1nc(-c2ccc(F)cc2)n(-c2ccn(C(=O)NCC(C)C)n2)n1. The summed E-state index contributed by atoms with van der Waals surface area (Å²) in [5.74, 6) is 1.73. The van der Waals surface area contributed by atoms with Gasteiger partial charge in [-0.2, -0.15) is 9.36 Å². The van der Waals surface area contributed by atoms with E-state index in [4.69, 9.17) is 4.98 Å². The summed E-state index contributed by atoms with van der Waals surface area (Å²) in [6.07, 6.45) is 2.27. The number of halogens is 1. The van der Waals surface area contributed by atoms with Gasteiger partial charge < -0.3 is 10.2 Å². The van der Waals surface area contributed by atoms with E-state index < -0.39 is 0 Å². The number of hydrogen-bond donors (Lipinski definition) is 1. The van der Waals surface area contributed by atoms with E-state index in [1.807, 2.05) is 13.8 Å². The van der Waals surface area contributed by atoms with E-state index in [9.17, 15) is 9.18 Å². The van der Waals surface area contributed by atoms with E-state index in [-0.39, 0.29) is 11.8 Å². The molecule has 9 heteroatoms.